The first-order valence-electron chi connectivity index (χ1n) is 7.75. The quantitative estimate of drug-likeness (QED) is 0.822. The molecule has 0 spiro atoms. The Kier molecular flexibility index (Phi) is 4.66. The molecule has 1 saturated carbocycles. The number of carbonyl (C=O) groups is 1. The number of rotatable bonds is 6. The van der Waals surface area contributed by atoms with E-state index in [2.05, 4.69) is 20.1 Å². The monoisotopic (exact) mass is 334 g/mol. The van der Waals surface area contributed by atoms with Crippen LogP contribution in [0.1, 0.15) is 38.4 Å². The van der Waals surface area contributed by atoms with Crippen molar-refractivity contribution < 1.29 is 9.18 Å². The number of hydrogen-bond acceptors (Lipinski definition) is 4. The van der Waals surface area contributed by atoms with E-state index in [9.17, 15) is 9.18 Å². The van der Waals surface area contributed by atoms with E-state index in [0.29, 0.717) is 5.92 Å². The molecular formula is C16H19FN4OS. The van der Waals surface area contributed by atoms with Gasteiger partial charge in [0.25, 0.3) is 0 Å². The van der Waals surface area contributed by atoms with Gasteiger partial charge in [-0.2, -0.15) is 0 Å². The summed E-state index contributed by atoms with van der Waals surface area (Å²) in [7, 11) is 0. The number of benzene rings is 1. The van der Waals surface area contributed by atoms with Gasteiger partial charge in [-0.3, -0.25) is 4.79 Å². The van der Waals surface area contributed by atoms with Crippen molar-refractivity contribution >= 4 is 23.4 Å². The molecule has 1 aromatic carbocycles. The van der Waals surface area contributed by atoms with Crippen LogP contribution >= 0.6 is 11.8 Å². The molecule has 122 valence electrons. The second-order valence-electron chi connectivity index (χ2n) is 5.59. The van der Waals surface area contributed by atoms with E-state index in [1.165, 1.54) is 17.8 Å². The minimum absolute atomic E-state index is 0.195. The zero-order chi connectivity index (χ0) is 16.4. The van der Waals surface area contributed by atoms with Crippen molar-refractivity contribution in [3.05, 3.63) is 35.9 Å². The van der Waals surface area contributed by atoms with Gasteiger partial charge >= 0.3 is 0 Å². The largest absolute Gasteiger partial charge is 0.323 e. The second kappa shape index (κ2) is 6.70. The topological polar surface area (TPSA) is 59.8 Å². The van der Waals surface area contributed by atoms with E-state index in [4.69, 9.17) is 0 Å². The summed E-state index contributed by atoms with van der Waals surface area (Å²) in [4.78, 5) is 12.3. The van der Waals surface area contributed by atoms with Crippen LogP contribution in [-0.2, 0) is 11.3 Å². The smallest absolute Gasteiger partial charge is 0.237 e. The van der Waals surface area contributed by atoms with Gasteiger partial charge in [0.15, 0.2) is 5.16 Å². The summed E-state index contributed by atoms with van der Waals surface area (Å²) < 4.78 is 15.7. The SMILES string of the molecule is CCn1c(S[C@H](C)C(=O)Nc2ccccc2F)nnc1C1CC1. The van der Waals surface area contributed by atoms with Gasteiger partial charge in [-0.1, -0.05) is 23.9 Å². The maximum Gasteiger partial charge on any atom is 0.237 e. The lowest BCUT2D eigenvalue weighted by Gasteiger charge is -2.13. The van der Waals surface area contributed by atoms with Crippen LogP contribution in [0.2, 0.25) is 0 Å². The normalized spacial score (nSPS) is 15.4. The van der Waals surface area contributed by atoms with Gasteiger partial charge in [-0.25, -0.2) is 4.39 Å². The molecule has 7 heteroatoms. The number of halogens is 1. The third kappa shape index (κ3) is 3.55. The van der Waals surface area contributed by atoms with Crippen LogP contribution in [0.4, 0.5) is 10.1 Å². The number of hydrogen-bond donors (Lipinski definition) is 1. The molecule has 0 aliphatic heterocycles. The number of amides is 1. The number of para-hydroxylation sites is 1. The average molecular weight is 334 g/mol. The van der Waals surface area contributed by atoms with E-state index >= 15 is 0 Å². The van der Waals surface area contributed by atoms with Gasteiger partial charge in [0, 0.05) is 12.5 Å². The van der Waals surface area contributed by atoms with E-state index < -0.39 is 11.1 Å². The molecule has 1 aromatic heterocycles. The van der Waals surface area contributed by atoms with E-state index in [1.54, 1.807) is 25.1 Å². The number of nitrogens with zero attached hydrogens (tertiary/aromatic N) is 3. The average Bonchev–Trinajstić information content (AvgIpc) is 3.31. The fraction of sp³-hybridized carbons (Fsp3) is 0.438. The Morgan fingerprint density at radius 1 is 1.43 bits per heavy atom. The minimum atomic E-state index is -0.439. The van der Waals surface area contributed by atoms with Crippen LogP contribution in [0.5, 0.6) is 0 Å². The van der Waals surface area contributed by atoms with Crippen LogP contribution in [0.15, 0.2) is 29.4 Å². The molecule has 0 unspecified atom stereocenters. The number of aromatic nitrogens is 3. The highest BCUT2D eigenvalue weighted by Crippen LogP contribution is 2.40. The molecular weight excluding hydrogens is 315 g/mol. The summed E-state index contributed by atoms with van der Waals surface area (Å²) in [5.41, 5.74) is 0.195. The van der Waals surface area contributed by atoms with Gasteiger partial charge in [0.1, 0.15) is 11.6 Å². The molecule has 1 heterocycles. The molecule has 0 radical (unpaired) electrons. The number of nitrogens with one attached hydrogen (secondary N) is 1. The highest BCUT2D eigenvalue weighted by atomic mass is 32.2. The van der Waals surface area contributed by atoms with Crippen molar-refractivity contribution in [2.75, 3.05) is 5.32 Å². The van der Waals surface area contributed by atoms with Crippen molar-refractivity contribution in [1.82, 2.24) is 14.8 Å². The fourth-order valence-electron chi connectivity index (χ4n) is 2.34. The lowest BCUT2D eigenvalue weighted by Crippen LogP contribution is -2.23. The first kappa shape index (κ1) is 16.0. The highest BCUT2D eigenvalue weighted by molar-refractivity contribution is 8.00. The summed E-state index contributed by atoms with van der Waals surface area (Å²) in [5, 5.41) is 11.4. The highest BCUT2D eigenvalue weighted by Gasteiger charge is 2.30. The molecule has 2 aromatic rings. The first-order valence-corrected chi connectivity index (χ1v) is 8.63. The van der Waals surface area contributed by atoms with Crippen molar-refractivity contribution in [1.29, 1.82) is 0 Å². The van der Waals surface area contributed by atoms with Crippen molar-refractivity contribution in [3.8, 4) is 0 Å². The fourth-order valence-corrected chi connectivity index (χ4v) is 3.26. The van der Waals surface area contributed by atoms with Crippen molar-refractivity contribution in [2.24, 2.45) is 0 Å². The first-order chi connectivity index (χ1) is 11.1. The molecule has 5 nitrogen and oxygen atoms in total. The van der Waals surface area contributed by atoms with Gasteiger partial charge in [-0.05, 0) is 38.8 Å². The van der Waals surface area contributed by atoms with Gasteiger partial charge in [-0.15, -0.1) is 10.2 Å². The molecule has 1 atom stereocenters. The summed E-state index contributed by atoms with van der Waals surface area (Å²) in [6.45, 7) is 4.61. The molecule has 1 aliphatic rings. The molecule has 0 bridgehead atoms. The maximum absolute atomic E-state index is 13.6. The van der Waals surface area contributed by atoms with Gasteiger partial charge in [0.05, 0.1) is 10.9 Å². The van der Waals surface area contributed by atoms with E-state index in [-0.39, 0.29) is 11.6 Å². The summed E-state index contributed by atoms with van der Waals surface area (Å²) >= 11 is 1.35. The standard InChI is InChI=1S/C16H19FN4OS/c1-3-21-14(11-8-9-11)19-20-16(21)23-10(2)15(22)18-13-7-5-4-6-12(13)17/h4-7,10-11H,3,8-9H2,1-2H3,(H,18,22)/t10-/m1/s1. The van der Waals surface area contributed by atoms with Gasteiger partial charge < -0.3 is 9.88 Å². The lowest BCUT2D eigenvalue weighted by molar-refractivity contribution is -0.115. The van der Waals surface area contributed by atoms with Crippen LogP contribution in [0.25, 0.3) is 0 Å². The third-order valence-electron chi connectivity index (χ3n) is 3.79. The predicted octanol–water partition coefficient (Wildman–Crippen LogP) is 3.43. The number of carbonyl (C=O) groups excluding carboxylic acids is 1. The lowest BCUT2D eigenvalue weighted by atomic mass is 10.3. The Morgan fingerprint density at radius 3 is 2.83 bits per heavy atom. The molecule has 23 heavy (non-hydrogen) atoms. The zero-order valence-corrected chi connectivity index (χ0v) is 13.9. The molecule has 3 rings (SSSR count). The predicted molar refractivity (Wildman–Crippen MR) is 88.0 cm³/mol. The Hall–Kier alpha value is -1.89. The molecule has 1 N–H and O–H groups in total. The van der Waals surface area contributed by atoms with Gasteiger partial charge in [0.2, 0.25) is 5.91 Å². The number of thioether (sulfide) groups is 1. The van der Waals surface area contributed by atoms with Crippen LogP contribution in [-0.4, -0.2) is 25.9 Å². The Balaban J connectivity index is 1.68. The summed E-state index contributed by atoms with van der Waals surface area (Å²) in [6.07, 6.45) is 2.32. The summed E-state index contributed by atoms with van der Waals surface area (Å²) in [5.74, 6) is 0.834. The molecule has 1 aliphatic carbocycles. The maximum atomic E-state index is 13.6. The Bertz CT molecular complexity index is 714. The molecule has 1 amide bonds. The Labute approximate surface area is 138 Å². The van der Waals surface area contributed by atoms with Crippen LogP contribution in [0.3, 0.4) is 0 Å². The minimum Gasteiger partial charge on any atom is -0.323 e. The third-order valence-corrected chi connectivity index (χ3v) is 4.87. The molecule has 1 fully saturated rings. The molecule has 0 saturated heterocycles. The van der Waals surface area contributed by atoms with Crippen molar-refractivity contribution in [3.63, 3.8) is 0 Å². The summed E-state index contributed by atoms with van der Waals surface area (Å²) in [6, 6.07) is 6.14. The van der Waals surface area contributed by atoms with E-state index in [0.717, 1.165) is 30.4 Å². The van der Waals surface area contributed by atoms with Crippen LogP contribution in [0, 0.1) is 5.82 Å². The zero-order valence-electron chi connectivity index (χ0n) is 13.1. The number of anilines is 1. The Morgan fingerprint density at radius 2 is 2.17 bits per heavy atom. The van der Waals surface area contributed by atoms with Crippen LogP contribution < -0.4 is 5.32 Å². The second-order valence-corrected chi connectivity index (χ2v) is 6.90. The van der Waals surface area contributed by atoms with Crippen molar-refractivity contribution in [2.45, 2.75) is 49.6 Å². The van der Waals surface area contributed by atoms with E-state index in [1.807, 2.05) is 6.92 Å².